The number of fused-ring (bicyclic) bond motifs is 1. The lowest BCUT2D eigenvalue weighted by Crippen LogP contribution is -2.52. The highest BCUT2D eigenvalue weighted by molar-refractivity contribution is 5.86. The van der Waals surface area contributed by atoms with Crippen LogP contribution in [-0.4, -0.2) is 88.8 Å². The van der Waals surface area contributed by atoms with E-state index in [-0.39, 0.29) is 0 Å². The number of nitrogens with zero attached hydrogens (tertiary/aromatic N) is 7. The van der Waals surface area contributed by atoms with Gasteiger partial charge in [-0.3, -0.25) is 4.90 Å². The molecule has 3 aromatic heterocycles. The minimum absolute atomic E-state index is 0.707. The first-order chi connectivity index (χ1) is 15.7. The minimum Gasteiger partial charge on any atom is -0.373 e. The van der Waals surface area contributed by atoms with E-state index in [1.165, 1.54) is 39.0 Å². The Bertz CT molecular complexity index is 1090. The summed E-state index contributed by atoms with van der Waals surface area (Å²) in [5.41, 5.74) is 4.96. The highest BCUT2D eigenvalue weighted by Gasteiger charge is 2.27. The van der Waals surface area contributed by atoms with Gasteiger partial charge in [-0.1, -0.05) is 12.7 Å². The third kappa shape index (κ3) is 3.84. The second kappa shape index (κ2) is 8.88. The standard InChI is InChI=1S/C24H32N8/c1-4-20-21(5-8-26-23(20)25-2)22-16-28-32-17-19(15-27-24(22)32)30-9-6-18(7-10-30)31-13-11-29(3)12-14-31/h4-5,8,15-18H,1,6-7,9-14H2,2-3H3,(H,25,26). The summed E-state index contributed by atoms with van der Waals surface area (Å²) in [7, 11) is 4.09. The number of aromatic nitrogens is 4. The van der Waals surface area contributed by atoms with Crippen LogP contribution in [-0.2, 0) is 0 Å². The maximum atomic E-state index is 4.81. The molecule has 0 amide bonds. The summed E-state index contributed by atoms with van der Waals surface area (Å²) in [6, 6.07) is 2.70. The molecule has 2 saturated heterocycles. The van der Waals surface area contributed by atoms with Gasteiger partial charge in [0.2, 0.25) is 0 Å². The Labute approximate surface area is 189 Å². The number of piperidine rings is 1. The Morgan fingerprint density at radius 1 is 1.03 bits per heavy atom. The molecule has 32 heavy (non-hydrogen) atoms. The van der Waals surface area contributed by atoms with Gasteiger partial charge in [0.1, 0.15) is 5.82 Å². The third-order valence-corrected chi connectivity index (χ3v) is 6.95. The largest absolute Gasteiger partial charge is 0.373 e. The van der Waals surface area contributed by atoms with E-state index in [2.05, 4.69) is 49.9 Å². The molecule has 8 heteroatoms. The van der Waals surface area contributed by atoms with E-state index in [1.807, 2.05) is 36.1 Å². The minimum atomic E-state index is 0.707. The van der Waals surface area contributed by atoms with Crippen LogP contribution in [0.15, 0.2) is 37.4 Å². The maximum Gasteiger partial charge on any atom is 0.162 e. The number of likely N-dealkylation sites (N-methyl/N-ethyl adjacent to an activating group) is 1. The van der Waals surface area contributed by atoms with Crippen molar-refractivity contribution in [1.82, 2.24) is 29.4 Å². The summed E-state index contributed by atoms with van der Waals surface area (Å²) in [5.74, 6) is 0.802. The van der Waals surface area contributed by atoms with Crippen LogP contribution < -0.4 is 10.2 Å². The van der Waals surface area contributed by atoms with Crippen LogP contribution in [0.1, 0.15) is 18.4 Å². The molecule has 8 nitrogen and oxygen atoms in total. The Hall–Kier alpha value is -2.97. The molecule has 168 valence electrons. The van der Waals surface area contributed by atoms with Crippen molar-refractivity contribution in [3.63, 3.8) is 0 Å². The zero-order valence-electron chi connectivity index (χ0n) is 19.0. The number of nitrogens with one attached hydrogen (secondary N) is 1. The van der Waals surface area contributed by atoms with E-state index in [9.17, 15) is 0 Å². The molecule has 0 aliphatic carbocycles. The number of rotatable bonds is 5. The zero-order chi connectivity index (χ0) is 22.1. The fourth-order valence-corrected chi connectivity index (χ4v) is 5.01. The topological polar surface area (TPSA) is 64.8 Å². The summed E-state index contributed by atoms with van der Waals surface area (Å²) in [6.07, 6.45) is 12.0. The predicted octanol–water partition coefficient (Wildman–Crippen LogP) is 2.69. The van der Waals surface area contributed by atoms with Crippen LogP contribution in [0.3, 0.4) is 0 Å². The number of piperazine rings is 1. The molecule has 2 aliphatic rings. The fraction of sp³-hybridized carbons (Fsp3) is 0.458. The average molecular weight is 433 g/mol. The third-order valence-electron chi connectivity index (χ3n) is 6.95. The Kier molecular flexibility index (Phi) is 5.80. The molecule has 0 saturated carbocycles. The van der Waals surface area contributed by atoms with Gasteiger partial charge in [-0.05, 0) is 31.5 Å². The zero-order valence-corrected chi connectivity index (χ0v) is 19.0. The van der Waals surface area contributed by atoms with Crippen LogP contribution in [0.2, 0.25) is 0 Å². The maximum absolute atomic E-state index is 4.81. The summed E-state index contributed by atoms with van der Waals surface area (Å²) in [5, 5.41) is 7.75. The molecule has 5 rings (SSSR count). The van der Waals surface area contributed by atoms with Gasteiger partial charge in [0.25, 0.3) is 0 Å². The van der Waals surface area contributed by atoms with Crippen molar-refractivity contribution in [3.8, 4) is 11.1 Å². The average Bonchev–Trinajstić information content (AvgIpc) is 3.27. The molecular formula is C24H32N8. The Balaban J connectivity index is 1.34. The van der Waals surface area contributed by atoms with E-state index in [4.69, 9.17) is 4.98 Å². The molecule has 0 aromatic carbocycles. The van der Waals surface area contributed by atoms with Crippen molar-refractivity contribution in [2.75, 3.05) is 63.6 Å². The van der Waals surface area contributed by atoms with E-state index in [0.717, 1.165) is 46.9 Å². The smallest absolute Gasteiger partial charge is 0.162 e. The number of pyridine rings is 1. The first-order valence-electron chi connectivity index (χ1n) is 11.5. The first kappa shape index (κ1) is 20.9. The molecule has 0 atom stereocenters. The van der Waals surface area contributed by atoms with Gasteiger partial charge in [-0.15, -0.1) is 0 Å². The van der Waals surface area contributed by atoms with Crippen LogP contribution in [0.4, 0.5) is 11.5 Å². The van der Waals surface area contributed by atoms with E-state index in [1.54, 1.807) is 6.20 Å². The van der Waals surface area contributed by atoms with Gasteiger partial charge in [0, 0.05) is 69.7 Å². The lowest BCUT2D eigenvalue weighted by molar-refractivity contribution is 0.0982. The second-order valence-corrected chi connectivity index (χ2v) is 8.77. The van der Waals surface area contributed by atoms with Gasteiger partial charge in [0.15, 0.2) is 5.65 Å². The van der Waals surface area contributed by atoms with Crippen molar-refractivity contribution in [3.05, 3.63) is 43.0 Å². The van der Waals surface area contributed by atoms with Gasteiger partial charge >= 0.3 is 0 Å². The highest BCUT2D eigenvalue weighted by atomic mass is 15.3. The normalized spacial score (nSPS) is 18.9. The Morgan fingerprint density at radius 2 is 1.81 bits per heavy atom. The van der Waals surface area contributed by atoms with Crippen LogP contribution in [0, 0.1) is 0 Å². The summed E-state index contributed by atoms with van der Waals surface area (Å²) < 4.78 is 1.89. The predicted molar refractivity (Wildman–Crippen MR) is 130 cm³/mol. The molecule has 2 aliphatic heterocycles. The van der Waals surface area contributed by atoms with Crippen molar-refractivity contribution >= 4 is 23.2 Å². The first-order valence-corrected chi connectivity index (χ1v) is 11.5. The van der Waals surface area contributed by atoms with Gasteiger partial charge < -0.3 is 15.1 Å². The quantitative estimate of drug-likeness (QED) is 0.665. The molecule has 0 unspecified atom stereocenters. The number of hydrogen-bond acceptors (Lipinski definition) is 7. The lowest BCUT2D eigenvalue weighted by Gasteiger charge is -2.42. The van der Waals surface area contributed by atoms with Crippen molar-refractivity contribution in [1.29, 1.82) is 0 Å². The molecular weight excluding hydrogens is 400 g/mol. The van der Waals surface area contributed by atoms with Crippen molar-refractivity contribution in [2.45, 2.75) is 18.9 Å². The highest BCUT2D eigenvalue weighted by Crippen LogP contribution is 2.32. The monoisotopic (exact) mass is 432 g/mol. The fourth-order valence-electron chi connectivity index (χ4n) is 5.01. The van der Waals surface area contributed by atoms with Crippen molar-refractivity contribution < 1.29 is 0 Å². The lowest BCUT2D eigenvalue weighted by atomic mass is 10.0. The van der Waals surface area contributed by atoms with Gasteiger partial charge in [0.05, 0.1) is 24.3 Å². The molecule has 0 bridgehead atoms. The van der Waals surface area contributed by atoms with E-state index < -0.39 is 0 Å². The van der Waals surface area contributed by atoms with Crippen molar-refractivity contribution in [2.24, 2.45) is 0 Å². The Morgan fingerprint density at radius 3 is 2.53 bits per heavy atom. The molecule has 3 aromatic rings. The molecule has 0 radical (unpaired) electrons. The van der Waals surface area contributed by atoms with Crippen LogP contribution in [0.25, 0.3) is 22.9 Å². The number of hydrogen-bond donors (Lipinski definition) is 1. The summed E-state index contributed by atoms with van der Waals surface area (Å²) in [6.45, 7) is 10.9. The molecule has 5 heterocycles. The van der Waals surface area contributed by atoms with Gasteiger partial charge in [-0.25, -0.2) is 14.5 Å². The van der Waals surface area contributed by atoms with Crippen LogP contribution >= 0.6 is 0 Å². The van der Waals surface area contributed by atoms with E-state index >= 15 is 0 Å². The number of anilines is 2. The summed E-state index contributed by atoms with van der Waals surface area (Å²) >= 11 is 0. The molecule has 2 fully saturated rings. The SMILES string of the molecule is C=Cc1c(-c2cnn3cc(N4CCC(N5CCN(C)CC5)CC4)cnc23)ccnc1NC. The van der Waals surface area contributed by atoms with Gasteiger partial charge in [-0.2, -0.15) is 5.10 Å². The second-order valence-electron chi connectivity index (χ2n) is 8.77. The summed E-state index contributed by atoms with van der Waals surface area (Å²) in [4.78, 5) is 16.8. The van der Waals surface area contributed by atoms with Crippen LogP contribution in [0.5, 0.6) is 0 Å². The molecule has 0 spiro atoms. The van der Waals surface area contributed by atoms with E-state index in [0.29, 0.717) is 6.04 Å². The molecule has 1 N–H and O–H groups in total.